The molecule has 0 aliphatic carbocycles. The Labute approximate surface area is 122 Å². The summed E-state index contributed by atoms with van der Waals surface area (Å²) in [4.78, 5) is 19.9. The van der Waals surface area contributed by atoms with Crippen molar-refractivity contribution in [1.29, 1.82) is 0 Å². The zero-order valence-electron chi connectivity index (χ0n) is 11.0. The maximum Gasteiger partial charge on any atom is 0.340 e. The summed E-state index contributed by atoms with van der Waals surface area (Å²) in [5.74, 6) is -2.63. The molecule has 0 radical (unpaired) electrons. The molecule has 0 aliphatic heterocycles. The van der Waals surface area contributed by atoms with Crippen molar-refractivity contribution in [2.75, 3.05) is 5.75 Å². The van der Waals surface area contributed by atoms with E-state index in [9.17, 15) is 33.9 Å². The molecule has 2 unspecified atom stereocenters. The first-order valence-corrected chi connectivity index (χ1v) is 6.85. The van der Waals surface area contributed by atoms with Crippen molar-refractivity contribution < 1.29 is 28.7 Å². The van der Waals surface area contributed by atoms with E-state index in [-0.39, 0.29) is 22.9 Å². The molecule has 21 heavy (non-hydrogen) atoms. The lowest BCUT2D eigenvalue weighted by atomic mass is 10.0. The van der Waals surface area contributed by atoms with E-state index in [1.807, 2.05) is 0 Å². The highest BCUT2D eigenvalue weighted by atomic mass is 32.2. The number of nitrogens with zero attached hydrogens (tertiary/aromatic N) is 1. The van der Waals surface area contributed by atoms with Crippen molar-refractivity contribution in [3.63, 3.8) is 0 Å². The lowest BCUT2D eigenvalue weighted by molar-refractivity contribution is -0.390. The van der Waals surface area contributed by atoms with Gasteiger partial charge in [0.1, 0.15) is 6.10 Å². The number of nitro groups is 1. The molecule has 0 saturated heterocycles. The number of nitro benzene ring substituents is 1. The fourth-order valence-corrected chi connectivity index (χ4v) is 2.28. The topological polar surface area (TPSA) is 101 Å². The Bertz CT molecular complexity index is 531. The maximum absolute atomic E-state index is 13.4. The summed E-state index contributed by atoms with van der Waals surface area (Å²) in [5, 5.41) is 29.8. The molecule has 116 valence electrons. The molecular formula is C12H13F2NO5S. The molecule has 0 amide bonds. The van der Waals surface area contributed by atoms with Gasteiger partial charge in [-0.05, 0) is 24.1 Å². The Balaban J connectivity index is 2.85. The van der Waals surface area contributed by atoms with Crippen LogP contribution in [0.1, 0.15) is 25.0 Å². The third-order valence-electron chi connectivity index (χ3n) is 2.65. The van der Waals surface area contributed by atoms with Crippen LogP contribution in [-0.4, -0.2) is 32.1 Å². The van der Waals surface area contributed by atoms with Gasteiger partial charge in [0.05, 0.1) is 11.0 Å². The molecule has 0 aliphatic rings. The van der Waals surface area contributed by atoms with Gasteiger partial charge in [0, 0.05) is 12.7 Å². The van der Waals surface area contributed by atoms with Gasteiger partial charge in [-0.1, -0.05) is 11.8 Å². The first kappa shape index (κ1) is 17.5. The van der Waals surface area contributed by atoms with Gasteiger partial charge in [0.15, 0.2) is 5.12 Å². The Morgan fingerprint density at radius 1 is 1.38 bits per heavy atom. The minimum absolute atomic E-state index is 0.0195. The summed E-state index contributed by atoms with van der Waals surface area (Å²) in [6, 6.07) is 1.21. The molecule has 9 heteroatoms. The van der Waals surface area contributed by atoms with Crippen LogP contribution in [0.25, 0.3) is 0 Å². The van der Waals surface area contributed by atoms with Crippen LogP contribution in [0.3, 0.4) is 0 Å². The van der Waals surface area contributed by atoms with Gasteiger partial charge in [-0.3, -0.25) is 14.9 Å². The standard InChI is InChI=1S/C12H13F2NO5S/c1-6(16)21-3-2-10(17)12(18)7-4-8(13)11(15(19)20)9(14)5-7/h4-5,10,12,17-18H,2-3H2,1H3. The Kier molecular flexibility index (Phi) is 6.19. The number of carbonyl (C=O) groups excluding carboxylic acids is 1. The number of aliphatic hydroxyl groups excluding tert-OH is 2. The lowest BCUT2D eigenvalue weighted by Crippen LogP contribution is -2.19. The largest absolute Gasteiger partial charge is 0.390 e. The average Bonchev–Trinajstić information content (AvgIpc) is 2.35. The molecule has 0 fully saturated rings. The van der Waals surface area contributed by atoms with E-state index >= 15 is 0 Å². The summed E-state index contributed by atoms with van der Waals surface area (Å²) in [6.45, 7) is 1.34. The van der Waals surface area contributed by atoms with Crippen molar-refractivity contribution in [3.05, 3.63) is 39.4 Å². The number of rotatable bonds is 6. The Morgan fingerprint density at radius 2 is 1.90 bits per heavy atom. The predicted octanol–water partition coefficient (Wildman–Crippen LogP) is 1.94. The summed E-state index contributed by atoms with van der Waals surface area (Å²) in [7, 11) is 0. The minimum Gasteiger partial charge on any atom is -0.390 e. The molecule has 1 aromatic rings. The van der Waals surface area contributed by atoms with Crippen LogP contribution in [0.2, 0.25) is 0 Å². The van der Waals surface area contributed by atoms with Gasteiger partial charge in [-0.15, -0.1) is 0 Å². The highest BCUT2D eigenvalue weighted by Crippen LogP contribution is 2.28. The molecular weight excluding hydrogens is 308 g/mol. The molecule has 0 spiro atoms. The van der Waals surface area contributed by atoms with E-state index in [1.165, 1.54) is 6.92 Å². The number of thioether (sulfide) groups is 1. The maximum atomic E-state index is 13.4. The van der Waals surface area contributed by atoms with E-state index in [2.05, 4.69) is 0 Å². The minimum atomic E-state index is -1.61. The van der Waals surface area contributed by atoms with Crippen molar-refractivity contribution in [2.45, 2.75) is 25.6 Å². The predicted molar refractivity (Wildman–Crippen MR) is 71.7 cm³/mol. The smallest absolute Gasteiger partial charge is 0.340 e. The van der Waals surface area contributed by atoms with Crippen LogP contribution in [-0.2, 0) is 4.79 Å². The van der Waals surface area contributed by atoms with E-state index in [0.717, 1.165) is 11.8 Å². The van der Waals surface area contributed by atoms with Gasteiger partial charge in [-0.2, -0.15) is 8.78 Å². The zero-order valence-corrected chi connectivity index (χ0v) is 11.8. The first-order chi connectivity index (χ1) is 9.73. The summed E-state index contributed by atoms with van der Waals surface area (Å²) in [5.41, 5.74) is -1.62. The Hall–Kier alpha value is -1.58. The SMILES string of the molecule is CC(=O)SCCC(O)C(O)c1cc(F)c([N+](=O)[O-])c(F)c1. The second-order valence-electron chi connectivity index (χ2n) is 4.23. The highest BCUT2D eigenvalue weighted by molar-refractivity contribution is 8.13. The van der Waals surface area contributed by atoms with Gasteiger partial charge in [0.2, 0.25) is 11.6 Å². The van der Waals surface area contributed by atoms with E-state index in [1.54, 1.807) is 0 Å². The molecule has 2 N–H and O–H groups in total. The molecule has 6 nitrogen and oxygen atoms in total. The third kappa shape index (κ3) is 4.73. The number of hydrogen-bond donors (Lipinski definition) is 2. The second-order valence-corrected chi connectivity index (χ2v) is 5.50. The first-order valence-electron chi connectivity index (χ1n) is 5.86. The van der Waals surface area contributed by atoms with Gasteiger partial charge in [-0.25, -0.2) is 0 Å². The monoisotopic (exact) mass is 321 g/mol. The number of aliphatic hydroxyl groups is 2. The summed E-state index contributed by atoms with van der Waals surface area (Å²) in [6.07, 6.45) is -2.94. The van der Waals surface area contributed by atoms with Crippen LogP contribution in [0, 0.1) is 21.7 Å². The van der Waals surface area contributed by atoms with Crippen molar-refractivity contribution in [1.82, 2.24) is 0 Å². The lowest BCUT2D eigenvalue weighted by Gasteiger charge is -2.18. The van der Waals surface area contributed by atoms with Crippen molar-refractivity contribution in [3.8, 4) is 0 Å². The van der Waals surface area contributed by atoms with E-state index in [4.69, 9.17) is 0 Å². The normalized spacial score (nSPS) is 13.8. The van der Waals surface area contributed by atoms with Gasteiger partial charge in [0.25, 0.3) is 0 Å². The zero-order chi connectivity index (χ0) is 16.2. The number of benzene rings is 1. The molecule has 1 aromatic carbocycles. The van der Waals surface area contributed by atoms with Gasteiger partial charge >= 0.3 is 5.69 Å². The van der Waals surface area contributed by atoms with Crippen LogP contribution in [0.5, 0.6) is 0 Å². The molecule has 1 rings (SSSR count). The number of halogens is 2. The molecule has 0 heterocycles. The Morgan fingerprint density at radius 3 is 2.33 bits per heavy atom. The number of hydrogen-bond acceptors (Lipinski definition) is 6. The molecule has 2 atom stereocenters. The number of carbonyl (C=O) groups is 1. The molecule has 0 aromatic heterocycles. The highest BCUT2D eigenvalue weighted by Gasteiger charge is 2.26. The van der Waals surface area contributed by atoms with Crippen LogP contribution in [0.15, 0.2) is 12.1 Å². The quantitative estimate of drug-likeness (QED) is 0.613. The summed E-state index contributed by atoms with van der Waals surface area (Å²) < 4.78 is 26.8. The van der Waals surface area contributed by atoms with Crippen molar-refractivity contribution >= 4 is 22.6 Å². The second kappa shape index (κ2) is 7.43. The van der Waals surface area contributed by atoms with Crippen LogP contribution in [0.4, 0.5) is 14.5 Å². The van der Waals surface area contributed by atoms with E-state index in [0.29, 0.717) is 12.1 Å². The fourth-order valence-electron chi connectivity index (χ4n) is 1.63. The summed E-state index contributed by atoms with van der Waals surface area (Å²) >= 11 is 0.937. The fraction of sp³-hybridized carbons (Fsp3) is 0.417. The third-order valence-corrected chi connectivity index (χ3v) is 3.49. The molecule has 0 bridgehead atoms. The van der Waals surface area contributed by atoms with E-state index < -0.39 is 34.5 Å². The van der Waals surface area contributed by atoms with Crippen LogP contribution < -0.4 is 0 Å². The average molecular weight is 321 g/mol. The van der Waals surface area contributed by atoms with Crippen LogP contribution >= 0.6 is 11.8 Å². The van der Waals surface area contributed by atoms with Crippen molar-refractivity contribution in [2.24, 2.45) is 0 Å². The molecule has 0 saturated carbocycles. The van der Waals surface area contributed by atoms with Gasteiger partial charge < -0.3 is 10.2 Å².